The summed E-state index contributed by atoms with van der Waals surface area (Å²) >= 11 is 1.74. The molecule has 0 radical (unpaired) electrons. The molecule has 0 unspecified atom stereocenters. The smallest absolute Gasteiger partial charge is 0.322 e. The molecule has 1 aliphatic carbocycles. The predicted octanol–water partition coefficient (Wildman–Crippen LogP) is 5.81. The van der Waals surface area contributed by atoms with Gasteiger partial charge < -0.3 is 19.9 Å². The van der Waals surface area contributed by atoms with Crippen LogP contribution in [0.1, 0.15) is 40.5 Å². The maximum absolute atomic E-state index is 13.7. The molecular formula is C29H33N3O3S. The molecular weight excluding hydrogens is 470 g/mol. The standard InChI is InChI=1S/C29H33N3O3S/c1-20-3-9-23(10-4-20)30-29(34)31(17-22-7-8-22)18-28(33)32-15-13-27-25(14-16-36-27)26(32)19-35-24-11-5-21(2)6-12-24/h3-6,9-12,14,16,22,26H,7-8,13,15,17-19H2,1-2H3,(H,30,34)/t26-/m1/s1. The van der Waals surface area contributed by atoms with E-state index in [1.54, 1.807) is 16.2 Å². The second-order valence-corrected chi connectivity index (χ2v) is 10.9. The molecule has 6 nitrogen and oxygen atoms in total. The Hall–Kier alpha value is -3.32. The molecule has 1 aromatic heterocycles. The van der Waals surface area contributed by atoms with Gasteiger partial charge >= 0.3 is 6.03 Å². The number of hydrogen-bond acceptors (Lipinski definition) is 4. The zero-order chi connectivity index (χ0) is 25.1. The summed E-state index contributed by atoms with van der Waals surface area (Å²) in [5.74, 6) is 1.24. The van der Waals surface area contributed by atoms with Gasteiger partial charge in [0.05, 0.1) is 6.04 Å². The van der Waals surface area contributed by atoms with Crippen LogP contribution in [0.5, 0.6) is 5.75 Å². The zero-order valence-corrected chi connectivity index (χ0v) is 21.7. The van der Waals surface area contributed by atoms with E-state index in [9.17, 15) is 9.59 Å². The van der Waals surface area contributed by atoms with Crippen LogP contribution in [-0.4, -0.2) is 48.0 Å². The summed E-state index contributed by atoms with van der Waals surface area (Å²) in [5, 5.41) is 5.07. The fourth-order valence-electron chi connectivity index (χ4n) is 4.61. The van der Waals surface area contributed by atoms with E-state index in [1.165, 1.54) is 10.4 Å². The minimum atomic E-state index is -0.222. The van der Waals surface area contributed by atoms with Crippen molar-refractivity contribution in [1.82, 2.24) is 9.80 Å². The molecule has 36 heavy (non-hydrogen) atoms. The Morgan fingerprint density at radius 1 is 1.03 bits per heavy atom. The van der Waals surface area contributed by atoms with Crippen molar-refractivity contribution in [2.45, 2.75) is 39.2 Å². The lowest BCUT2D eigenvalue weighted by Crippen LogP contribution is -2.49. The van der Waals surface area contributed by atoms with Gasteiger partial charge in [0.1, 0.15) is 18.9 Å². The molecule has 1 aliphatic heterocycles. The number of benzene rings is 2. The van der Waals surface area contributed by atoms with Crippen molar-refractivity contribution in [2.24, 2.45) is 5.92 Å². The third-order valence-corrected chi connectivity index (χ3v) is 7.93. The first-order chi connectivity index (χ1) is 17.5. The summed E-state index contributed by atoms with van der Waals surface area (Å²) in [6, 6.07) is 17.4. The van der Waals surface area contributed by atoms with Crippen molar-refractivity contribution in [1.29, 1.82) is 0 Å². The Labute approximate surface area is 216 Å². The number of nitrogens with one attached hydrogen (secondary N) is 1. The maximum atomic E-state index is 13.7. The molecule has 0 saturated heterocycles. The minimum Gasteiger partial charge on any atom is -0.491 e. The quantitative estimate of drug-likeness (QED) is 0.422. The minimum absolute atomic E-state index is 0.0379. The van der Waals surface area contributed by atoms with E-state index in [1.807, 2.05) is 67.3 Å². The second-order valence-electron chi connectivity index (χ2n) is 9.90. The Balaban J connectivity index is 1.29. The fraction of sp³-hybridized carbons (Fsp3) is 0.379. The van der Waals surface area contributed by atoms with Crippen LogP contribution >= 0.6 is 11.3 Å². The normalized spacial score (nSPS) is 16.8. The summed E-state index contributed by atoms with van der Waals surface area (Å²) < 4.78 is 6.14. The fourth-order valence-corrected chi connectivity index (χ4v) is 5.54. The lowest BCUT2D eigenvalue weighted by molar-refractivity contribution is -0.135. The third-order valence-electron chi connectivity index (χ3n) is 6.94. The molecule has 2 aliphatic rings. The van der Waals surface area contributed by atoms with Crippen LogP contribution in [0.25, 0.3) is 0 Å². The van der Waals surface area contributed by atoms with Gasteiger partial charge in [0.15, 0.2) is 0 Å². The highest BCUT2D eigenvalue weighted by Gasteiger charge is 2.35. The average Bonchev–Trinajstić information content (AvgIpc) is 3.56. The van der Waals surface area contributed by atoms with Gasteiger partial charge in [0, 0.05) is 23.7 Å². The number of nitrogens with zero attached hydrogens (tertiary/aromatic N) is 2. The number of anilines is 1. The summed E-state index contributed by atoms with van der Waals surface area (Å²) in [7, 11) is 0. The lowest BCUT2D eigenvalue weighted by Gasteiger charge is -2.37. The van der Waals surface area contributed by atoms with E-state index in [0.29, 0.717) is 25.6 Å². The van der Waals surface area contributed by atoms with Gasteiger partial charge in [-0.05, 0) is 80.3 Å². The number of fused-ring (bicyclic) bond motifs is 1. The summed E-state index contributed by atoms with van der Waals surface area (Å²) in [6.07, 6.45) is 3.05. The van der Waals surface area contributed by atoms with Gasteiger partial charge in [-0.1, -0.05) is 35.4 Å². The van der Waals surface area contributed by atoms with Gasteiger partial charge in [0.2, 0.25) is 5.91 Å². The van der Waals surface area contributed by atoms with Crippen LogP contribution in [0, 0.1) is 19.8 Å². The third kappa shape index (κ3) is 5.90. The van der Waals surface area contributed by atoms with Crippen LogP contribution in [-0.2, 0) is 11.2 Å². The largest absolute Gasteiger partial charge is 0.491 e. The number of urea groups is 1. The molecule has 1 fully saturated rings. The predicted molar refractivity (Wildman–Crippen MR) is 144 cm³/mol. The van der Waals surface area contributed by atoms with Crippen LogP contribution in [0.2, 0.25) is 0 Å². The van der Waals surface area contributed by atoms with Crippen molar-refractivity contribution < 1.29 is 14.3 Å². The summed E-state index contributed by atoms with van der Waals surface area (Å²) in [6.45, 7) is 5.74. The van der Waals surface area contributed by atoms with E-state index in [4.69, 9.17) is 4.74 Å². The molecule has 2 heterocycles. The molecule has 1 atom stereocenters. The van der Waals surface area contributed by atoms with Crippen molar-refractivity contribution in [3.8, 4) is 5.75 Å². The molecule has 1 N–H and O–H groups in total. The summed E-state index contributed by atoms with van der Waals surface area (Å²) in [5.41, 5.74) is 4.21. The van der Waals surface area contributed by atoms with Crippen molar-refractivity contribution >= 4 is 29.0 Å². The zero-order valence-electron chi connectivity index (χ0n) is 20.9. The molecule has 3 amide bonds. The first kappa shape index (κ1) is 24.4. The number of hydrogen-bond donors (Lipinski definition) is 1. The Kier molecular flexibility index (Phi) is 7.28. The highest BCUT2D eigenvalue weighted by molar-refractivity contribution is 7.10. The number of carbonyl (C=O) groups excluding carboxylic acids is 2. The molecule has 3 aromatic rings. The monoisotopic (exact) mass is 503 g/mol. The Morgan fingerprint density at radius 2 is 1.72 bits per heavy atom. The maximum Gasteiger partial charge on any atom is 0.322 e. The number of aryl methyl sites for hydroxylation is 2. The Bertz CT molecular complexity index is 1200. The van der Waals surface area contributed by atoms with E-state index < -0.39 is 0 Å². The number of ether oxygens (including phenoxy) is 1. The van der Waals surface area contributed by atoms with E-state index in [0.717, 1.165) is 41.8 Å². The molecule has 1 saturated carbocycles. The van der Waals surface area contributed by atoms with Gasteiger partial charge in [-0.15, -0.1) is 11.3 Å². The van der Waals surface area contributed by atoms with Crippen LogP contribution < -0.4 is 10.1 Å². The Morgan fingerprint density at radius 3 is 2.42 bits per heavy atom. The van der Waals surface area contributed by atoms with E-state index in [-0.39, 0.29) is 24.5 Å². The van der Waals surface area contributed by atoms with Crippen LogP contribution in [0.15, 0.2) is 60.0 Å². The topological polar surface area (TPSA) is 61.9 Å². The average molecular weight is 504 g/mol. The van der Waals surface area contributed by atoms with Crippen molar-refractivity contribution in [3.63, 3.8) is 0 Å². The van der Waals surface area contributed by atoms with Gasteiger partial charge in [-0.25, -0.2) is 4.79 Å². The molecule has 0 bridgehead atoms. The first-order valence-corrected chi connectivity index (χ1v) is 13.5. The molecule has 5 rings (SSSR count). The van der Waals surface area contributed by atoms with Crippen LogP contribution in [0.4, 0.5) is 10.5 Å². The lowest BCUT2D eigenvalue weighted by atomic mass is 10.0. The van der Waals surface area contributed by atoms with Crippen molar-refractivity contribution in [3.05, 3.63) is 81.5 Å². The van der Waals surface area contributed by atoms with E-state index in [2.05, 4.69) is 16.8 Å². The highest BCUT2D eigenvalue weighted by atomic mass is 32.1. The van der Waals surface area contributed by atoms with Gasteiger partial charge in [-0.3, -0.25) is 4.79 Å². The number of amides is 3. The molecule has 7 heteroatoms. The number of carbonyl (C=O) groups is 2. The summed E-state index contributed by atoms with van der Waals surface area (Å²) in [4.78, 5) is 31.7. The van der Waals surface area contributed by atoms with E-state index >= 15 is 0 Å². The molecule has 0 spiro atoms. The van der Waals surface area contributed by atoms with Gasteiger partial charge in [-0.2, -0.15) is 0 Å². The molecule has 2 aromatic carbocycles. The van der Waals surface area contributed by atoms with Gasteiger partial charge in [0.25, 0.3) is 0 Å². The number of rotatable bonds is 8. The van der Waals surface area contributed by atoms with Crippen LogP contribution in [0.3, 0.4) is 0 Å². The SMILES string of the molecule is Cc1ccc(NC(=O)N(CC(=O)N2CCc3sccc3[C@H]2COc2ccc(C)cc2)CC2CC2)cc1. The number of thiophene rings is 1. The highest BCUT2D eigenvalue weighted by Crippen LogP contribution is 2.34. The van der Waals surface area contributed by atoms with Crippen molar-refractivity contribution in [2.75, 3.05) is 31.6 Å². The second kappa shape index (κ2) is 10.7. The first-order valence-electron chi connectivity index (χ1n) is 12.6. The molecule has 188 valence electrons.